The van der Waals surface area contributed by atoms with E-state index in [2.05, 4.69) is 45.4 Å². The van der Waals surface area contributed by atoms with Crippen LogP contribution in [0.4, 0.5) is 5.82 Å². The van der Waals surface area contributed by atoms with Crippen LogP contribution in [0.15, 0.2) is 30.3 Å². The van der Waals surface area contributed by atoms with E-state index >= 15 is 0 Å². The minimum absolute atomic E-state index is 0.198. The highest BCUT2D eigenvalue weighted by Gasteiger charge is 2.45. The molecule has 3 rings (SSSR count). The van der Waals surface area contributed by atoms with E-state index in [1.807, 2.05) is 27.0 Å². The fourth-order valence-electron chi connectivity index (χ4n) is 3.01. The maximum absolute atomic E-state index is 9.46. The Morgan fingerprint density at radius 3 is 2.45 bits per heavy atom. The third-order valence-electron chi connectivity index (χ3n) is 4.69. The molecule has 0 aliphatic heterocycles. The molecule has 0 amide bonds. The number of aromatic nitrogens is 2. The van der Waals surface area contributed by atoms with Crippen molar-refractivity contribution < 1.29 is 0 Å². The second-order valence-electron chi connectivity index (χ2n) is 6.22. The van der Waals surface area contributed by atoms with E-state index in [1.165, 1.54) is 18.4 Å². The lowest BCUT2D eigenvalue weighted by Gasteiger charge is -2.26. The van der Waals surface area contributed by atoms with Crippen molar-refractivity contribution >= 4 is 5.82 Å². The summed E-state index contributed by atoms with van der Waals surface area (Å²) < 4.78 is 0. The molecule has 112 valence electrons. The van der Waals surface area contributed by atoms with Crippen LogP contribution in [-0.4, -0.2) is 23.8 Å². The zero-order valence-corrected chi connectivity index (χ0v) is 13.3. The summed E-state index contributed by atoms with van der Waals surface area (Å²) in [5, 5.41) is 17.9. The molecule has 4 heteroatoms. The van der Waals surface area contributed by atoms with E-state index < -0.39 is 0 Å². The van der Waals surface area contributed by atoms with E-state index in [-0.39, 0.29) is 5.41 Å². The van der Waals surface area contributed by atoms with Gasteiger partial charge in [0.1, 0.15) is 11.6 Å². The first-order valence-electron chi connectivity index (χ1n) is 7.58. The minimum atomic E-state index is 0.198. The van der Waals surface area contributed by atoms with Gasteiger partial charge in [0.05, 0.1) is 5.69 Å². The molecule has 1 heterocycles. The fraction of sp³-hybridized carbons (Fsp3) is 0.389. The Labute approximate surface area is 131 Å². The molecular formula is C18H20N4. The number of benzene rings is 1. The molecular weight excluding hydrogens is 272 g/mol. The van der Waals surface area contributed by atoms with Crippen molar-refractivity contribution in [3.8, 4) is 6.07 Å². The number of rotatable bonds is 4. The van der Waals surface area contributed by atoms with E-state index in [9.17, 15) is 5.26 Å². The topological polar surface area (TPSA) is 52.8 Å². The monoisotopic (exact) mass is 292 g/mol. The van der Waals surface area contributed by atoms with Crippen molar-refractivity contribution in [3.05, 3.63) is 52.7 Å². The largest absolute Gasteiger partial charge is 0.356 e. The van der Waals surface area contributed by atoms with Crippen LogP contribution in [0.5, 0.6) is 0 Å². The maximum Gasteiger partial charge on any atom is 0.169 e. The van der Waals surface area contributed by atoms with Crippen molar-refractivity contribution in [2.24, 2.45) is 0 Å². The fourth-order valence-corrected chi connectivity index (χ4v) is 3.01. The van der Waals surface area contributed by atoms with Gasteiger partial charge in [-0.25, -0.2) is 0 Å². The second-order valence-corrected chi connectivity index (χ2v) is 6.22. The molecule has 0 unspecified atom stereocenters. The van der Waals surface area contributed by atoms with Gasteiger partial charge in [0.25, 0.3) is 0 Å². The van der Waals surface area contributed by atoms with Gasteiger partial charge in [0.2, 0.25) is 0 Å². The number of likely N-dealkylation sites (N-methyl/N-ethyl adjacent to an activating group) is 1. The van der Waals surface area contributed by atoms with Crippen LogP contribution < -0.4 is 4.90 Å². The Hall–Kier alpha value is -2.41. The molecule has 1 aromatic heterocycles. The lowest BCUT2D eigenvalue weighted by molar-refractivity contribution is 0.663. The summed E-state index contributed by atoms with van der Waals surface area (Å²) in [5.74, 6) is 0.688. The summed E-state index contributed by atoms with van der Waals surface area (Å²) in [6.07, 6.45) is 2.36. The van der Waals surface area contributed by atoms with E-state index in [0.29, 0.717) is 11.4 Å². The molecule has 0 bridgehead atoms. The normalized spacial score (nSPS) is 15.2. The highest BCUT2D eigenvalue weighted by atomic mass is 15.3. The van der Waals surface area contributed by atoms with Crippen LogP contribution in [0.1, 0.15) is 35.2 Å². The maximum atomic E-state index is 9.46. The molecule has 1 saturated carbocycles. The van der Waals surface area contributed by atoms with Crippen molar-refractivity contribution in [2.45, 2.75) is 32.1 Å². The van der Waals surface area contributed by atoms with Gasteiger partial charge in [-0.1, -0.05) is 30.3 Å². The Morgan fingerprint density at radius 2 is 1.86 bits per heavy atom. The summed E-state index contributed by atoms with van der Waals surface area (Å²) in [6.45, 7) is 4.69. The smallest absolute Gasteiger partial charge is 0.169 e. The summed E-state index contributed by atoms with van der Waals surface area (Å²) >= 11 is 0. The third-order valence-corrected chi connectivity index (χ3v) is 4.69. The average molecular weight is 292 g/mol. The predicted molar refractivity (Wildman–Crippen MR) is 86.8 cm³/mol. The van der Waals surface area contributed by atoms with Crippen LogP contribution in [0.2, 0.25) is 0 Å². The van der Waals surface area contributed by atoms with Gasteiger partial charge in [-0.05, 0) is 37.8 Å². The standard InChI is InChI=1S/C18H20N4/c1-13-14(2)20-21-17(16(13)11-19)22(3)12-18(9-10-18)15-7-5-4-6-8-15/h4-8H,9-10,12H2,1-3H3. The van der Waals surface area contributed by atoms with Gasteiger partial charge < -0.3 is 4.90 Å². The Morgan fingerprint density at radius 1 is 1.18 bits per heavy atom. The first-order valence-corrected chi connectivity index (χ1v) is 7.58. The summed E-state index contributed by atoms with van der Waals surface area (Å²) in [4.78, 5) is 2.08. The lowest BCUT2D eigenvalue weighted by Crippen LogP contribution is -2.31. The van der Waals surface area contributed by atoms with Crippen LogP contribution in [0, 0.1) is 25.2 Å². The van der Waals surface area contributed by atoms with Gasteiger partial charge >= 0.3 is 0 Å². The quantitative estimate of drug-likeness (QED) is 0.868. The van der Waals surface area contributed by atoms with Crippen molar-refractivity contribution in [3.63, 3.8) is 0 Å². The Bertz CT molecular complexity index is 727. The molecule has 0 spiro atoms. The first kappa shape index (κ1) is 14.5. The van der Waals surface area contributed by atoms with Crippen LogP contribution in [-0.2, 0) is 5.41 Å². The molecule has 1 aliphatic rings. The van der Waals surface area contributed by atoms with Crippen molar-refractivity contribution in [1.29, 1.82) is 5.26 Å². The molecule has 1 fully saturated rings. The molecule has 0 radical (unpaired) electrons. The molecule has 1 aliphatic carbocycles. The molecule has 0 saturated heterocycles. The Balaban J connectivity index is 1.89. The Kier molecular flexibility index (Phi) is 3.58. The molecule has 0 N–H and O–H groups in total. The van der Waals surface area contributed by atoms with E-state index in [0.717, 1.165) is 17.8 Å². The summed E-state index contributed by atoms with van der Waals surface area (Å²) in [5.41, 5.74) is 3.95. The zero-order chi connectivity index (χ0) is 15.7. The van der Waals surface area contributed by atoms with Gasteiger partial charge in [-0.3, -0.25) is 0 Å². The van der Waals surface area contributed by atoms with E-state index in [1.54, 1.807) is 0 Å². The SMILES string of the molecule is Cc1nnc(N(C)CC2(c3ccccc3)CC2)c(C#N)c1C. The molecule has 1 aromatic carbocycles. The molecule has 2 aromatic rings. The van der Waals surface area contributed by atoms with Crippen LogP contribution in [0.3, 0.4) is 0 Å². The number of hydrogen-bond acceptors (Lipinski definition) is 4. The summed E-state index contributed by atoms with van der Waals surface area (Å²) in [7, 11) is 2.00. The minimum Gasteiger partial charge on any atom is -0.356 e. The van der Waals surface area contributed by atoms with E-state index in [4.69, 9.17) is 0 Å². The molecule has 22 heavy (non-hydrogen) atoms. The number of anilines is 1. The lowest BCUT2D eigenvalue weighted by atomic mass is 9.95. The number of nitrogens with zero attached hydrogens (tertiary/aromatic N) is 4. The van der Waals surface area contributed by atoms with Crippen LogP contribution >= 0.6 is 0 Å². The average Bonchev–Trinajstić information content (AvgIpc) is 3.31. The highest BCUT2D eigenvalue weighted by Crippen LogP contribution is 2.49. The van der Waals surface area contributed by atoms with Gasteiger partial charge in [-0.15, -0.1) is 5.10 Å². The molecule has 0 atom stereocenters. The first-order chi connectivity index (χ1) is 10.6. The third kappa shape index (κ3) is 2.43. The van der Waals surface area contributed by atoms with Crippen molar-refractivity contribution in [1.82, 2.24) is 10.2 Å². The number of aryl methyl sites for hydroxylation is 1. The van der Waals surface area contributed by atoms with Crippen LogP contribution in [0.25, 0.3) is 0 Å². The predicted octanol–water partition coefficient (Wildman–Crippen LogP) is 3.13. The van der Waals surface area contributed by atoms with Gasteiger partial charge in [-0.2, -0.15) is 10.4 Å². The number of hydrogen-bond donors (Lipinski definition) is 0. The van der Waals surface area contributed by atoms with Gasteiger partial charge in [0, 0.05) is 19.0 Å². The summed E-state index contributed by atoms with van der Waals surface area (Å²) in [6, 6.07) is 12.9. The zero-order valence-electron chi connectivity index (χ0n) is 13.3. The molecule has 4 nitrogen and oxygen atoms in total. The highest BCUT2D eigenvalue weighted by molar-refractivity contribution is 5.57. The van der Waals surface area contributed by atoms with Gasteiger partial charge in [0.15, 0.2) is 5.82 Å². The second kappa shape index (κ2) is 5.42. The number of nitriles is 1. The van der Waals surface area contributed by atoms with Crippen molar-refractivity contribution in [2.75, 3.05) is 18.5 Å².